The van der Waals surface area contributed by atoms with Crippen LogP contribution in [0.25, 0.3) is 11.0 Å². The van der Waals surface area contributed by atoms with E-state index in [4.69, 9.17) is 23.2 Å². The van der Waals surface area contributed by atoms with E-state index in [-0.39, 0.29) is 17.6 Å². The second-order valence-corrected chi connectivity index (χ2v) is 7.96. The van der Waals surface area contributed by atoms with Gasteiger partial charge in [-0.3, -0.25) is 9.59 Å². The summed E-state index contributed by atoms with van der Waals surface area (Å²) in [5.74, 6) is -1.55. The van der Waals surface area contributed by atoms with Crippen molar-refractivity contribution in [2.45, 2.75) is 27.2 Å². The third-order valence-electron chi connectivity index (χ3n) is 4.69. The van der Waals surface area contributed by atoms with Crippen LogP contribution in [0.1, 0.15) is 35.1 Å². The molecule has 0 saturated heterocycles. The molecular formula is C22H21Cl2FN4O2. The number of hydrogen-bond acceptors (Lipinski definition) is 4. The monoisotopic (exact) mass is 462 g/mol. The molecule has 0 spiro atoms. The lowest BCUT2D eigenvalue weighted by molar-refractivity contribution is -0.116. The minimum Gasteiger partial charge on any atom is -0.329 e. The zero-order valence-corrected chi connectivity index (χ0v) is 18.8. The molecule has 0 saturated carbocycles. The van der Waals surface area contributed by atoms with Crippen molar-refractivity contribution in [1.29, 1.82) is 0 Å². The van der Waals surface area contributed by atoms with E-state index in [1.165, 1.54) is 17.0 Å². The van der Waals surface area contributed by atoms with Gasteiger partial charge in [0, 0.05) is 17.6 Å². The van der Waals surface area contributed by atoms with Crippen LogP contribution in [0.15, 0.2) is 30.3 Å². The smallest absolute Gasteiger partial charge is 0.256 e. The van der Waals surface area contributed by atoms with Crippen LogP contribution in [0.4, 0.5) is 10.1 Å². The van der Waals surface area contributed by atoms with Gasteiger partial charge in [0.25, 0.3) is 5.91 Å². The van der Waals surface area contributed by atoms with Crippen LogP contribution in [-0.2, 0) is 4.79 Å². The highest BCUT2D eigenvalue weighted by atomic mass is 35.5. The molecule has 3 rings (SSSR count). The van der Waals surface area contributed by atoms with Gasteiger partial charge in [-0.1, -0.05) is 30.1 Å². The minimum atomic E-state index is -0.597. The molecule has 1 N–H and O–H groups in total. The van der Waals surface area contributed by atoms with E-state index in [0.29, 0.717) is 45.6 Å². The van der Waals surface area contributed by atoms with E-state index in [1.807, 2.05) is 6.92 Å². The molecular weight excluding hydrogens is 442 g/mol. The summed E-state index contributed by atoms with van der Waals surface area (Å²) < 4.78 is 14.2. The molecule has 0 aliphatic carbocycles. The third-order valence-corrected chi connectivity index (χ3v) is 5.26. The lowest BCUT2D eigenvalue weighted by Crippen LogP contribution is -2.38. The molecule has 0 radical (unpaired) electrons. The second-order valence-electron chi connectivity index (χ2n) is 7.11. The summed E-state index contributed by atoms with van der Waals surface area (Å²) in [4.78, 5) is 36.0. The average Bonchev–Trinajstić information content (AvgIpc) is 2.70. The Morgan fingerprint density at radius 3 is 2.52 bits per heavy atom. The van der Waals surface area contributed by atoms with Crippen molar-refractivity contribution in [3.63, 3.8) is 0 Å². The molecule has 0 unspecified atom stereocenters. The van der Waals surface area contributed by atoms with Crippen LogP contribution in [0.5, 0.6) is 0 Å². The summed E-state index contributed by atoms with van der Waals surface area (Å²) >= 11 is 12.1. The van der Waals surface area contributed by atoms with Crippen molar-refractivity contribution in [1.82, 2.24) is 14.9 Å². The number of nitrogens with zero attached hydrogens (tertiary/aromatic N) is 3. The Morgan fingerprint density at radius 1 is 1.10 bits per heavy atom. The van der Waals surface area contributed by atoms with Gasteiger partial charge in [0.05, 0.1) is 33.2 Å². The SMILES string of the molecule is CCCN(CC(=O)Nc1cc(Cl)ccc1Cl)C(=O)c1cc(F)cc2nc(C)c(C)nc12. The van der Waals surface area contributed by atoms with E-state index in [9.17, 15) is 14.0 Å². The average molecular weight is 463 g/mol. The Balaban J connectivity index is 1.91. The molecule has 3 aromatic rings. The maximum absolute atomic E-state index is 14.2. The summed E-state index contributed by atoms with van der Waals surface area (Å²) in [5, 5.41) is 3.40. The first-order chi connectivity index (χ1) is 14.7. The van der Waals surface area contributed by atoms with E-state index < -0.39 is 17.6 Å². The van der Waals surface area contributed by atoms with Gasteiger partial charge in [-0.15, -0.1) is 0 Å². The van der Waals surface area contributed by atoms with Crippen molar-refractivity contribution in [3.8, 4) is 0 Å². The normalized spacial score (nSPS) is 10.9. The molecule has 0 atom stereocenters. The summed E-state index contributed by atoms with van der Waals surface area (Å²) in [6.45, 7) is 5.47. The zero-order valence-electron chi connectivity index (χ0n) is 17.3. The Kier molecular flexibility index (Phi) is 7.08. The quantitative estimate of drug-likeness (QED) is 0.547. The van der Waals surface area contributed by atoms with Crippen molar-refractivity contribution in [2.24, 2.45) is 0 Å². The topological polar surface area (TPSA) is 75.2 Å². The third kappa shape index (κ3) is 5.29. The largest absolute Gasteiger partial charge is 0.329 e. The van der Waals surface area contributed by atoms with Gasteiger partial charge < -0.3 is 10.2 Å². The van der Waals surface area contributed by atoms with Gasteiger partial charge in [0.15, 0.2) is 0 Å². The van der Waals surface area contributed by atoms with Crippen LogP contribution in [0, 0.1) is 19.7 Å². The summed E-state index contributed by atoms with van der Waals surface area (Å²) in [6, 6.07) is 7.06. The highest BCUT2D eigenvalue weighted by molar-refractivity contribution is 6.35. The summed E-state index contributed by atoms with van der Waals surface area (Å²) in [5.41, 5.74) is 2.29. The van der Waals surface area contributed by atoms with E-state index in [1.54, 1.807) is 26.0 Å². The number of aromatic nitrogens is 2. The lowest BCUT2D eigenvalue weighted by Gasteiger charge is -2.22. The molecule has 162 valence electrons. The Bertz CT molecular complexity index is 1170. The van der Waals surface area contributed by atoms with Gasteiger partial charge in [0.2, 0.25) is 5.91 Å². The van der Waals surface area contributed by atoms with Crippen molar-refractivity contribution in [2.75, 3.05) is 18.4 Å². The lowest BCUT2D eigenvalue weighted by atomic mass is 10.1. The number of hydrogen-bond donors (Lipinski definition) is 1. The molecule has 1 aromatic heterocycles. The molecule has 0 aliphatic heterocycles. The fourth-order valence-corrected chi connectivity index (χ4v) is 3.45. The Labute approximate surface area is 189 Å². The maximum atomic E-state index is 14.2. The number of carbonyl (C=O) groups excluding carboxylic acids is 2. The predicted octanol–water partition coefficient (Wildman–Crippen LogP) is 5.18. The van der Waals surface area contributed by atoms with Crippen molar-refractivity contribution < 1.29 is 14.0 Å². The molecule has 2 amide bonds. The fourth-order valence-electron chi connectivity index (χ4n) is 3.11. The van der Waals surface area contributed by atoms with Crippen molar-refractivity contribution in [3.05, 3.63) is 63.1 Å². The highest BCUT2D eigenvalue weighted by Crippen LogP contribution is 2.25. The summed E-state index contributed by atoms with van der Waals surface area (Å²) in [6.07, 6.45) is 0.605. The van der Waals surface area contributed by atoms with Crippen LogP contribution in [0.2, 0.25) is 10.0 Å². The van der Waals surface area contributed by atoms with Crippen molar-refractivity contribution >= 4 is 51.7 Å². The van der Waals surface area contributed by atoms with E-state index in [0.717, 1.165) is 6.07 Å². The molecule has 31 heavy (non-hydrogen) atoms. The Morgan fingerprint density at radius 2 is 1.81 bits per heavy atom. The van der Waals surface area contributed by atoms with Crippen LogP contribution in [-0.4, -0.2) is 39.8 Å². The molecule has 9 heteroatoms. The first-order valence-corrected chi connectivity index (χ1v) is 10.4. The first kappa shape index (κ1) is 22.9. The number of halogens is 3. The van der Waals surface area contributed by atoms with Gasteiger partial charge >= 0.3 is 0 Å². The molecule has 0 fully saturated rings. The maximum Gasteiger partial charge on any atom is 0.256 e. The zero-order chi connectivity index (χ0) is 22.7. The number of aryl methyl sites for hydroxylation is 2. The summed E-state index contributed by atoms with van der Waals surface area (Å²) in [7, 11) is 0. The molecule has 0 aliphatic rings. The number of nitrogens with one attached hydrogen (secondary N) is 1. The predicted molar refractivity (Wildman–Crippen MR) is 120 cm³/mol. The second kappa shape index (κ2) is 9.58. The Hall–Kier alpha value is -2.77. The van der Waals surface area contributed by atoms with Gasteiger partial charge in [0.1, 0.15) is 17.9 Å². The van der Waals surface area contributed by atoms with Crippen LogP contribution < -0.4 is 5.32 Å². The number of amides is 2. The standard InChI is InChI=1S/C22H21Cl2FN4O2/c1-4-7-29(11-20(30)28-18-8-14(23)5-6-17(18)24)22(31)16-9-15(25)10-19-21(16)27-13(3)12(2)26-19/h5-6,8-10H,4,7,11H2,1-3H3,(H,28,30). The highest BCUT2D eigenvalue weighted by Gasteiger charge is 2.23. The number of rotatable bonds is 6. The molecule has 1 heterocycles. The van der Waals surface area contributed by atoms with E-state index >= 15 is 0 Å². The number of fused-ring (bicyclic) bond motifs is 1. The molecule has 2 aromatic carbocycles. The van der Waals surface area contributed by atoms with Crippen LogP contribution in [0.3, 0.4) is 0 Å². The number of benzene rings is 2. The minimum absolute atomic E-state index is 0.0626. The number of anilines is 1. The van der Waals surface area contributed by atoms with E-state index in [2.05, 4.69) is 15.3 Å². The first-order valence-electron chi connectivity index (χ1n) is 9.68. The van der Waals surface area contributed by atoms with Crippen LogP contribution >= 0.6 is 23.2 Å². The number of carbonyl (C=O) groups is 2. The van der Waals surface area contributed by atoms with Gasteiger partial charge in [-0.05, 0) is 44.5 Å². The van der Waals surface area contributed by atoms with Gasteiger partial charge in [-0.25, -0.2) is 14.4 Å². The molecule has 0 bridgehead atoms. The fraction of sp³-hybridized carbons (Fsp3) is 0.273. The van der Waals surface area contributed by atoms with Gasteiger partial charge in [-0.2, -0.15) is 0 Å². The molecule has 6 nitrogen and oxygen atoms in total.